The van der Waals surface area contributed by atoms with Crippen LogP contribution in [-0.4, -0.2) is 71.1 Å². The van der Waals surface area contributed by atoms with Crippen molar-refractivity contribution in [1.29, 1.82) is 0 Å². The van der Waals surface area contributed by atoms with Gasteiger partial charge in [0.15, 0.2) is 9.84 Å². The van der Waals surface area contributed by atoms with Gasteiger partial charge in [0.05, 0.1) is 15.8 Å². The highest BCUT2D eigenvalue weighted by Crippen LogP contribution is 2.46. The number of nitrogens with zero attached hydrogens (tertiary/aromatic N) is 2. The predicted molar refractivity (Wildman–Crippen MR) is 132 cm³/mol. The number of hydrogen-bond donors (Lipinski definition) is 2. The Hall–Kier alpha value is -4.05. The molecule has 0 saturated carbocycles. The molecular formula is C26H21F7N2O6S. The Kier molecular flexibility index (Phi) is 9.62. The Morgan fingerprint density at radius 3 is 1.90 bits per heavy atom. The van der Waals surface area contributed by atoms with Gasteiger partial charge in [0, 0.05) is 31.7 Å². The van der Waals surface area contributed by atoms with E-state index < -0.39 is 39.4 Å². The zero-order valence-corrected chi connectivity index (χ0v) is 21.9. The normalized spacial score (nSPS) is 18.9. The van der Waals surface area contributed by atoms with Gasteiger partial charge in [0.1, 0.15) is 5.82 Å². The van der Waals surface area contributed by atoms with E-state index in [1.807, 2.05) is 30.3 Å². The topological polar surface area (TPSA) is 125 Å². The zero-order valence-electron chi connectivity index (χ0n) is 21.1. The SMILES string of the molecule is O=C(O)C(F)(F)F.O=C(O)C(F)(F)F.O=S1(=O)c2ccc(-c3ccc(F)cc3)cc2C2CN(Cc3ccccn3)CC21. The van der Waals surface area contributed by atoms with Gasteiger partial charge in [0.25, 0.3) is 0 Å². The van der Waals surface area contributed by atoms with Crippen LogP contribution in [0.15, 0.2) is 71.8 Å². The van der Waals surface area contributed by atoms with Gasteiger partial charge in [-0.2, -0.15) is 26.3 Å². The number of alkyl halides is 6. The van der Waals surface area contributed by atoms with E-state index in [9.17, 15) is 39.2 Å². The molecule has 0 aliphatic carbocycles. The van der Waals surface area contributed by atoms with Crippen molar-refractivity contribution in [3.05, 3.63) is 83.9 Å². The smallest absolute Gasteiger partial charge is 0.475 e. The summed E-state index contributed by atoms with van der Waals surface area (Å²) in [7, 11) is -3.34. The molecule has 8 nitrogen and oxygen atoms in total. The number of likely N-dealkylation sites (tertiary alicyclic amines) is 1. The van der Waals surface area contributed by atoms with Crippen LogP contribution in [0.5, 0.6) is 0 Å². The zero-order chi connectivity index (χ0) is 31.5. The summed E-state index contributed by atoms with van der Waals surface area (Å²) in [5.41, 5.74) is 3.63. The lowest BCUT2D eigenvalue weighted by Gasteiger charge is -2.17. The van der Waals surface area contributed by atoms with Crippen molar-refractivity contribution in [3.8, 4) is 11.1 Å². The Balaban J connectivity index is 0.000000289. The third kappa shape index (κ3) is 7.82. The first-order chi connectivity index (χ1) is 19.4. The fraction of sp³-hybridized carbons (Fsp3) is 0.269. The number of carboxylic acid groups (broad SMARTS) is 2. The number of sulfone groups is 1. The fourth-order valence-electron chi connectivity index (χ4n) is 4.40. The first kappa shape index (κ1) is 32.5. The van der Waals surface area contributed by atoms with E-state index in [2.05, 4.69) is 9.88 Å². The van der Waals surface area contributed by atoms with E-state index >= 15 is 0 Å². The monoisotopic (exact) mass is 622 g/mol. The molecule has 3 aromatic rings. The van der Waals surface area contributed by atoms with Crippen LogP contribution in [0, 0.1) is 5.82 Å². The molecule has 5 rings (SSSR count). The molecule has 42 heavy (non-hydrogen) atoms. The molecule has 2 aliphatic heterocycles. The lowest BCUT2D eigenvalue weighted by molar-refractivity contribution is -0.193. The number of aliphatic carboxylic acids is 2. The van der Waals surface area contributed by atoms with Gasteiger partial charge in [-0.1, -0.05) is 24.3 Å². The lowest BCUT2D eigenvalue weighted by Crippen LogP contribution is -2.26. The summed E-state index contributed by atoms with van der Waals surface area (Å²) in [4.78, 5) is 24.8. The maximum Gasteiger partial charge on any atom is 0.490 e. The fourth-order valence-corrected chi connectivity index (χ4v) is 6.59. The van der Waals surface area contributed by atoms with Gasteiger partial charge in [-0.05, 0) is 53.1 Å². The average Bonchev–Trinajstić information content (AvgIpc) is 3.41. The number of carbonyl (C=O) groups is 2. The summed E-state index contributed by atoms with van der Waals surface area (Å²) in [5, 5.41) is 13.8. The molecule has 1 aromatic heterocycles. The van der Waals surface area contributed by atoms with Gasteiger partial charge in [-0.3, -0.25) is 9.88 Å². The van der Waals surface area contributed by atoms with Crippen LogP contribution >= 0.6 is 0 Å². The summed E-state index contributed by atoms with van der Waals surface area (Å²) in [5.74, 6) is -5.84. The summed E-state index contributed by atoms with van der Waals surface area (Å²) in [6.07, 6.45) is -8.41. The number of carboxylic acids is 2. The molecule has 3 heterocycles. The third-order valence-electron chi connectivity index (χ3n) is 6.23. The third-order valence-corrected chi connectivity index (χ3v) is 8.49. The summed E-state index contributed by atoms with van der Waals surface area (Å²) >= 11 is 0. The minimum absolute atomic E-state index is 0.0379. The summed E-state index contributed by atoms with van der Waals surface area (Å²) in [6, 6.07) is 17.6. The molecule has 2 unspecified atom stereocenters. The van der Waals surface area contributed by atoms with E-state index in [0.29, 0.717) is 24.5 Å². The second-order valence-electron chi connectivity index (χ2n) is 9.07. The Morgan fingerprint density at radius 1 is 0.857 bits per heavy atom. The number of rotatable bonds is 3. The molecule has 2 atom stereocenters. The van der Waals surface area contributed by atoms with Crippen LogP contribution < -0.4 is 0 Å². The van der Waals surface area contributed by atoms with Gasteiger partial charge < -0.3 is 10.2 Å². The molecule has 0 radical (unpaired) electrons. The van der Waals surface area contributed by atoms with E-state index in [4.69, 9.17) is 19.8 Å². The van der Waals surface area contributed by atoms with Crippen molar-refractivity contribution >= 4 is 21.8 Å². The molecule has 2 aromatic carbocycles. The van der Waals surface area contributed by atoms with Crippen molar-refractivity contribution in [2.24, 2.45) is 0 Å². The Morgan fingerprint density at radius 2 is 1.40 bits per heavy atom. The first-order valence-electron chi connectivity index (χ1n) is 11.8. The van der Waals surface area contributed by atoms with Crippen LogP contribution in [-0.2, 0) is 26.0 Å². The number of benzene rings is 2. The van der Waals surface area contributed by atoms with Crippen molar-refractivity contribution in [2.75, 3.05) is 13.1 Å². The van der Waals surface area contributed by atoms with Crippen LogP contribution in [0.1, 0.15) is 17.2 Å². The minimum Gasteiger partial charge on any atom is -0.475 e. The minimum atomic E-state index is -5.08. The lowest BCUT2D eigenvalue weighted by atomic mass is 9.94. The summed E-state index contributed by atoms with van der Waals surface area (Å²) in [6.45, 7) is 1.86. The van der Waals surface area contributed by atoms with Crippen LogP contribution in [0.3, 0.4) is 0 Å². The van der Waals surface area contributed by atoms with Crippen molar-refractivity contribution < 1.29 is 59.0 Å². The van der Waals surface area contributed by atoms with E-state index in [1.54, 1.807) is 24.4 Å². The Labute approximate surface area is 234 Å². The van der Waals surface area contributed by atoms with Gasteiger partial charge in [0.2, 0.25) is 0 Å². The number of aromatic nitrogens is 1. The van der Waals surface area contributed by atoms with E-state index in [1.165, 1.54) is 12.1 Å². The van der Waals surface area contributed by atoms with E-state index in [-0.39, 0.29) is 11.7 Å². The number of pyridine rings is 1. The molecule has 2 aliphatic rings. The second kappa shape index (κ2) is 12.4. The van der Waals surface area contributed by atoms with Crippen LogP contribution in [0.2, 0.25) is 0 Å². The number of halogens is 7. The molecule has 0 spiro atoms. The molecular weight excluding hydrogens is 601 g/mol. The van der Waals surface area contributed by atoms with E-state index in [0.717, 1.165) is 22.4 Å². The highest BCUT2D eigenvalue weighted by atomic mass is 32.2. The molecule has 16 heteroatoms. The standard InChI is InChI=1S/C22H19FN2O2S.2C2HF3O2/c23-17-7-4-15(5-8-17)16-6-9-21-19(11-16)20-13-25(14-22(20)28(21,26)27)12-18-3-1-2-10-24-18;2*3-2(4,5)1(6)7/h1-11,20,22H,12-14H2;2*(H,6,7). The second-order valence-corrected chi connectivity index (χ2v) is 11.2. The molecule has 1 saturated heterocycles. The van der Waals surface area contributed by atoms with Crippen LogP contribution in [0.25, 0.3) is 11.1 Å². The largest absolute Gasteiger partial charge is 0.490 e. The Bertz CT molecular complexity index is 1510. The predicted octanol–water partition coefficient (Wildman–Crippen LogP) is 4.91. The highest BCUT2D eigenvalue weighted by Gasteiger charge is 2.50. The first-order valence-corrected chi connectivity index (χ1v) is 13.3. The van der Waals surface area contributed by atoms with Crippen molar-refractivity contribution in [2.45, 2.75) is 35.0 Å². The van der Waals surface area contributed by atoms with Gasteiger partial charge in [-0.25, -0.2) is 22.4 Å². The van der Waals surface area contributed by atoms with Crippen molar-refractivity contribution in [3.63, 3.8) is 0 Å². The van der Waals surface area contributed by atoms with Crippen molar-refractivity contribution in [1.82, 2.24) is 9.88 Å². The molecule has 1 fully saturated rings. The number of fused-ring (bicyclic) bond motifs is 3. The molecule has 226 valence electrons. The average molecular weight is 623 g/mol. The molecule has 2 N–H and O–H groups in total. The van der Waals surface area contributed by atoms with Gasteiger partial charge >= 0.3 is 24.3 Å². The maximum atomic E-state index is 13.2. The number of hydrogen-bond acceptors (Lipinski definition) is 6. The highest BCUT2D eigenvalue weighted by molar-refractivity contribution is 7.92. The summed E-state index contributed by atoms with van der Waals surface area (Å²) < 4.78 is 103. The molecule has 0 bridgehead atoms. The molecule has 0 amide bonds. The quantitative estimate of drug-likeness (QED) is 0.395. The van der Waals surface area contributed by atoms with Gasteiger partial charge in [-0.15, -0.1) is 0 Å². The maximum absolute atomic E-state index is 13.2. The van der Waals surface area contributed by atoms with Crippen LogP contribution in [0.4, 0.5) is 30.7 Å².